The predicted molar refractivity (Wildman–Crippen MR) is 69.3 cm³/mol. The lowest BCUT2D eigenvalue weighted by Gasteiger charge is -2.13. The zero-order chi connectivity index (χ0) is 12.6. The van der Waals surface area contributed by atoms with Crippen molar-refractivity contribution in [1.29, 1.82) is 0 Å². The zero-order valence-electron chi connectivity index (χ0n) is 10.2. The minimum atomic E-state index is -2.91. The molecule has 1 atom stereocenters. The van der Waals surface area contributed by atoms with Gasteiger partial charge >= 0.3 is 0 Å². The molecule has 0 radical (unpaired) electrons. The maximum Gasteiger partial charge on any atom is 0.156 e. The van der Waals surface area contributed by atoms with Crippen LogP contribution < -0.4 is 10.1 Å². The number of sulfone groups is 1. The third kappa shape index (κ3) is 2.12. The predicted octanol–water partition coefficient (Wildman–Crippen LogP) is 1.25. The summed E-state index contributed by atoms with van der Waals surface area (Å²) >= 11 is 0. The van der Waals surface area contributed by atoms with Gasteiger partial charge < -0.3 is 10.1 Å². The SMILES string of the molecule is O=S1(=O)CCCC1COc1cccc2c1CNC2. The molecule has 2 aliphatic rings. The van der Waals surface area contributed by atoms with Gasteiger partial charge in [-0.2, -0.15) is 0 Å². The number of hydrogen-bond donors (Lipinski definition) is 1. The molecule has 98 valence electrons. The first kappa shape index (κ1) is 12.0. The molecule has 2 heterocycles. The Morgan fingerprint density at radius 1 is 1.33 bits per heavy atom. The summed E-state index contributed by atoms with van der Waals surface area (Å²) < 4.78 is 29.2. The molecule has 0 amide bonds. The Bertz CT molecular complexity index is 553. The van der Waals surface area contributed by atoms with Crippen LogP contribution in [0.1, 0.15) is 24.0 Å². The van der Waals surface area contributed by atoms with Crippen molar-refractivity contribution in [2.45, 2.75) is 31.2 Å². The first-order chi connectivity index (χ1) is 8.67. The van der Waals surface area contributed by atoms with Crippen LogP contribution in [0.4, 0.5) is 0 Å². The largest absolute Gasteiger partial charge is 0.492 e. The summed E-state index contributed by atoms with van der Waals surface area (Å²) in [7, 11) is -2.91. The van der Waals surface area contributed by atoms with Gasteiger partial charge in [-0.3, -0.25) is 0 Å². The van der Waals surface area contributed by atoms with E-state index in [1.165, 1.54) is 11.1 Å². The highest BCUT2D eigenvalue weighted by Crippen LogP contribution is 2.28. The number of hydrogen-bond acceptors (Lipinski definition) is 4. The lowest BCUT2D eigenvalue weighted by atomic mass is 10.1. The molecule has 1 fully saturated rings. The second kappa shape index (κ2) is 4.55. The molecule has 2 aliphatic heterocycles. The monoisotopic (exact) mass is 267 g/mol. The van der Waals surface area contributed by atoms with Gasteiger partial charge in [-0.25, -0.2) is 8.42 Å². The van der Waals surface area contributed by atoms with E-state index in [1.54, 1.807) is 0 Å². The number of nitrogens with one attached hydrogen (secondary N) is 1. The molecule has 0 saturated carbocycles. The van der Waals surface area contributed by atoms with Crippen molar-refractivity contribution >= 4 is 9.84 Å². The molecule has 0 spiro atoms. The number of rotatable bonds is 3. The third-order valence-corrected chi connectivity index (χ3v) is 5.98. The average molecular weight is 267 g/mol. The fourth-order valence-corrected chi connectivity index (χ4v) is 4.37. The normalized spacial score (nSPS) is 25.0. The van der Waals surface area contributed by atoms with Crippen LogP contribution >= 0.6 is 0 Å². The van der Waals surface area contributed by atoms with E-state index in [0.717, 1.165) is 31.7 Å². The van der Waals surface area contributed by atoms with E-state index < -0.39 is 9.84 Å². The second-order valence-electron chi connectivity index (χ2n) is 4.94. The molecular formula is C13H17NO3S. The standard InChI is InChI=1S/C13H17NO3S/c15-18(16)6-2-4-11(18)9-17-13-5-1-3-10-7-14-8-12(10)13/h1,3,5,11,14H,2,4,6-9H2. The summed E-state index contributed by atoms with van der Waals surface area (Å²) in [5.74, 6) is 1.15. The van der Waals surface area contributed by atoms with Gasteiger partial charge in [0.1, 0.15) is 12.4 Å². The lowest BCUT2D eigenvalue weighted by molar-refractivity contribution is 0.308. The Kier molecular flexibility index (Phi) is 3.03. The molecular weight excluding hydrogens is 250 g/mol. The van der Waals surface area contributed by atoms with Crippen molar-refractivity contribution < 1.29 is 13.2 Å². The minimum absolute atomic E-state index is 0.290. The first-order valence-corrected chi connectivity index (χ1v) is 8.04. The average Bonchev–Trinajstić information content (AvgIpc) is 2.92. The van der Waals surface area contributed by atoms with E-state index in [9.17, 15) is 8.42 Å². The first-order valence-electron chi connectivity index (χ1n) is 6.33. The molecule has 1 aromatic carbocycles. The van der Waals surface area contributed by atoms with Gasteiger partial charge in [0.25, 0.3) is 0 Å². The molecule has 1 saturated heterocycles. The quantitative estimate of drug-likeness (QED) is 0.895. The molecule has 3 rings (SSSR count). The van der Waals surface area contributed by atoms with Gasteiger partial charge in [0.05, 0.1) is 11.0 Å². The van der Waals surface area contributed by atoms with Crippen LogP contribution in [-0.4, -0.2) is 26.0 Å². The molecule has 0 aliphatic carbocycles. The Morgan fingerprint density at radius 3 is 3.00 bits per heavy atom. The van der Waals surface area contributed by atoms with Crippen LogP contribution in [0, 0.1) is 0 Å². The van der Waals surface area contributed by atoms with Crippen LogP contribution in [0.25, 0.3) is 0 Å². The van der Waals surface area contributed by atoms with Crippen molar-refractivity contribution in [3.05, 3.63) is 29.3 Å². The van der Waals surface area contributed by atoms with E-state index in [1.807, 2.05) is 12.1 Å². The Morgan fingerprint density at radius 2 is 2.22 bits per heavy atom. The minimum Gasteiger partial charge on any atom is -0.492 e. The molecule has 0 bridgehead atoms. The van der Waals surface area contributed by atoms with Crippen LogP contribution in [0.3, 0.4) is 0 Å². The zero-order valence-corrected chi connectivity index (χ0v) is 11.0. The summed E-state index contributed by atoms with van der Waals surface area (Å²) in [4.78, 5) is 0. The summed E-state index contributed by atoms with van der Waals surface area (Å²) in [5, 5.41) is 2.96. The third-order valence-electron chi connectivity index (χ3n) is 3.73. The Labute approximate surface area is 107 Å². The maximum absolute atomic E-state index is 11.7. The van der Waals surface area contributed by atoms with Gasteiger partial charge in [0.2, 0.25) is 0 Å². The Hall–Kier alpha value is -1.07. The fraction of sp³-hybridized carbons (Fsp3) is 0.538. The second-order valence-corrected chi connectivity index (χ2v) is 7.34. The molecule has 4 nitrogen and oxygen atoms in total. The van der Waals surface area contributed by atoms with E-state index in [4.69, 9.17) is 4.74 Å². The van der Waals surface area contributed by atoms with E-state index >= 15 is 0 Å². The lowest BCUT2D eigenvalue weighted by Crippen LogP contribution is -2.24. The van der Waals surface area contributed by atoms with Gasteiger partial charge in [-0.15, -0.1) is 0 Å². The van der Waals surface area contributed by atoms with Crippen molar-refractivity contribution in [3.8, 4) is 5.75 Å². The van der Waals surface area contributed by atoms with Crippen LogP contribution in [0.5, 0.6) is 5.75 Å². The number of fused-ring (bicyclic) bond motifs is 1. The highest BCUT2D eigenvalue weighted by Gasteiger charge is 2.32. The fourth-order valence-electron chi connectivity index (χ4n) is 2.66. The molecule has 0 aromatic heterocycles. The molecule has 1 aromatic rings. The van der Waals surface area contributed by atoms with Gasteiger partial charge in [-0.1, -0.05) is 12.1 Å². The van der Waals surface area contributed by atoms with Crippen LogP contribution in [0.2, 0.25) is 0 Å². The topological polar surface area (TPSA) is 55.4 Å². The smallest absolute Gasteiger partial charge is 0.156 e. The van der Waals surface area contributed by atoms with Crippen molar-refractivity contribution in [2.75, 3.05) is 12.4 Å². The summed E-state index contributed by atoms with van der Waals surface area (Å²) in [6.45, 7) is 1.97. The molecule has 1 unspecified atom stereocenters. The highest BCUT2D eigenvalue weighted by atomic mass is 32.2. The van der Waals surface area contributed by atoms with Gasteiger partial charge in [0.15, 0.2) is 9.84 Å². The van der Waals surface area contributed by atoms with Crippen LogP contribution in [0.15, 0.2) is 18.2 Å². The Balaban J connectivity index is 1.73. The highest BCUT2D eigenvalue weighted by molar-refractivity contribution is 7.92. The number of benzene rings is 1. The van der Waals surface area contributed by atoms with E-state index in [2.05, 4.69) is 11.4 Å². The maximum atomic E-state index is 11.7. The van der Waals surface area contributed by atoms with Crippen molar-refractivity contribution in [2.24, 2.45) is 0 Å². The van der Waals surface area contributed by atoms with Gasteiger partial charge in [0, 0.05) is 18.7 Å². The van der Waals surface area contributed by atoms with Crippen LogP contribution in [-0.2, 0) is 22.9 Å². The van der Waals surface area contributed by atoms with Crippen molar-refractivity contribution in [1.82, 2.24) is 5.32 Å². The number of ether oxygens (including phenoxy) is 1. The molecule has 18 heavy (non-hydrogen) atoms. The summed E-state index contributed by atoms with van der Waals surface area (Å²) in [6, 6.07) is 5.96. The molecule has 5 heteroatoms. The summed E-state index contributed by atoms with van der Waals surface area (Å²) in [6.07, 6.45) is 1.50. The summed E-state index contributed by atoms with van der Waals surface area (Å²) in [5.41, 5.74) is 2.43. The van der Waals surface area contributed by atoms with Gasteiger partial charge in [-0.05, 0) is 24.5 Å². The van der Waals surface area contributed by atoms with E-state index in [-0.39, 0.29) is 5.25 Å². The van der Waals surface area contributed by atoms with E-state index in [0.29, 0.717) is 12.4 Å². The molecule has 1 N–H and O–H groups in total. The van der Waals surface area contributed by atoms with Crippen molar-refractivity contribution in [3.63, 3.8) is 0 Å².